The fraction of sp³-hybridized carbons (Fsp3) is 0.318. The molecule has 1 aliphatic heterocycles. The number of benzene rings is 2. The lowest BCUT2D eigenvalue weighted by Crippen LogP contribution is -2.14. The van der Waals surface area contributed by atoms with Crippen LogP contribution in [0.3, 0.4) is 0 Å². The Bertz CT molecular complexity index is 1090. The molecule has 0 radical (unpaired) electrons. The number of hydrogen-bond donors (Lipinski definition) is 0. The average Bonchev–Trinajstić information content (AvgIpc) is 3.50. The van der Waals surface area contributed by atoms with Gasteiger partial charge in [0, 0.05) is 11.3 Å². The first kappa shape index (κ1) is 18.7. The standard InChI is InChI=1S/C22H21ClN4OS/c1-28-20-11-10-15(12-16(20)9-8-14-6-7-14)19-13-29-22-25-24-21(27(22)26-19)17-4-2-3-5-18(17)23/h2-5,10-12,14H,6-9,13H2,1H3. The van der Waals surface area contributed by atoms with Gasteiger partial charge in [0.1, 0.15) is 5.75 Å². The van der Waals surface area contributed by atoms with Crippen molar-refractivity contribution in [2.75, 3.05) is 12.9 Å². The van der Waals surface area contributed by atoms with Gasteiger partial charge in [-0.25, -0.2) is 0 Å². The Morgan fingerprint density at radius 1 is 1.17 bits per heavy atom. The van der Waals surface area contributed by atoms with E-state index in [9.17, 15) is 0 Å². The minimum atomic E-state index is 0.641. The van der Waals surface area contributed by atoms with Gasteiger partial charge in [-0.1, -0.05) is 48.3 Å². The van der Waals surface area contributed by atoms with Crippen LogP contribution in [0.1, 0.15) is 30.4 Å². The van der Waals surface area contributed by atoms with Crippen LogP contribution in [0, 0.1) is 5.92 Å². The van der Waals surface area contributed by atoms with Crippen molar-refractivity contribution in [2.24, 2.45) is 11.0 Å². The maximum absolute atomic E-state index is 6.38. The highest BCUT2D eigenvalue weighted by atomic mass is 35.5. The van der Waals surface area contributed by atoms with E-state index < -0.39 is 0 Å². The van der Waals surface area contributed by atoms with E-state index >= 15 is 0 Å². The zero-order valence-electron chi connectivity index (χ0n) is 16.1. The molecule has 1 saturated carbocycles. The molecule has 29 heavy (non-hydrogen) atoms. The molecule has 0 saturated heterocycles. The molecule has 3 aromatic rings. The van der Waals surface area contributed by atoms with E-state index in [2.05, 4.69) is 28.4 Å². The first-order valence-corrected chi connectivity index (χ1v) is 11.2. The second kappa shape index (κ2) is 7.84. The summed E-state index contributed by atoms with van der Waals surface area (Å²) in [4.78, 5) is 0. The number of halogens is 1. The molecule has 2 aromatic carbocycles. The van der Waals surface area contributed by atoms with Crippen molar-refractivity contribution >= 4 is 29.1 Å². The Kier molecular flexibility index (Phi) is 5.06. The van der Waals surface area contributed by atoms with Crippen LogP contribution in [0.5, 0.6) is 5.75 Å². The minimum absolute atomic E-state index is 0.641. The SMILES string of the molecule is COc1ccc(C2=Nn3c(nnc3-c3ccccc3Cl)SC2)cc1CCC1CC1. The Morgan fingerprint density at radius 3 is 2.83 bits per heavy atom. The molecular weight excluding hydrogens is 404 g/mol. The molecule has 2 heterocycles. The molecule has 1 aliphatic carbocycles. The molecule has 1 aromatic heterocycles. The first-order chi connectivity index (χ1) is 14.2. The molecule has 7 heteroatoms. The molecule has 0 atom stereocenters. The molecule has 0 spiro atoms. The molecule has 0 unspecified atom stereocenters. The van der Waals surface area contributed by atoms with Crippen LogP contribution in [0.15, 0.2) is 52.7 Å². The molecule has 0 bridgehead atoms. The van der Waals surface area contributed by atoms with Gasteiger partial charge in [-0.2, -0.15) is 9.78 Å². The number of ether oxygens (including phenoxy) is 1. The van der Waals surface area contributed by atoms with Gasteiger partial charge >= 0.3 is 0 Å². The third-order valence-electron chi connectivity index (χ3n) is 5.42. The van der Waals surface area contributed by atoms with Crippen molar-refractivity contribution in [3.8, 4) is 17.1 Å². The van der Waals surface area contributed by atoms with Crippen LogP contribution in [-0.4, -0.2) is 33.4 Å². The number of nitrogens with zero attached hydrogens (tertiary/aromatic N) is 4. The van der Waals surface area contributed by atoms with Crippen LogP contribution >= 0.6 is 23.4 Å². The van der Waals surface area contributed by atoms with Crippen molar-refractivity contribution in [1.29, 1.82) is 0 Å². The second-order valence-corrected chi connectivity index (χ2v) is 8.79. The Morgan fingerprint density at radius 2 is 2.03 bits per heavy atom. The molecule has 5 nitrogen and oxygen atoms in total. The summed E-state index contributed by atoms with van der Waals surface area (Å²) in [7, 11) is 1.74. The summed E-state index contributed by atoms with van der Waals surface area (Å²) in [5, 5.41) is 14.9. The molecular formula is C22H21ClN4OS. The summed E-state index contributed by atoms with van der Waals surface area (Å²) in [6.07, 6.45) is 5.01. The predicted octanol–water partition coefficient (Wildman–Crippen LogP) is 5.31. The number of rotatable bonds is 6. The van der Waals surface area contributed by atoms with Gasteiger partial charge in [0.25, 0.3) is 0 Å². The fourth-order valence-corrected chi connectivity index (χ4v) is 4.66. The number of fused-ring (bicyclic) bond motifs is 1. The smallest absolute Gasteiger partial charge is 0.212 e. The first-order valence-electron chi connectivity index (χ1n) is 9.81. The highest BCUT2D eigenvalue weighted by Crippen LogP contribution is 2.36. The van der Waals surface area contributed by atoms with E-state index in [0.717, 1.165) is 45.8 Å². The molecule has 5 rings (SSSR count). The van der Waals surface area contributed by atoms with E-state index in [-0.39, 0.29) is 0 Å². The van der Waals surface area contributed by atoms with E-state index in [1.807, 2.05) is 24.3 Å². The summed E-state index contributed by atoms with van der Waals surface area (Å²) in [5.41, 5.74) is 4.21. The number of aryl methyl sites for hydroxylation is 1. The van der Waals surface area contributed by atoms with E-state index in [0.29, 0.717) is 10.8 Å². The van der Waals surface area contributed by atoms with Gasteiger partial charge in [0.15, 0.2) is 5.82 Å². The lowest BCUT2D eigenvalue weighted by molar-refractivity contribution is 0.408. The van der Waals surface area contributed by atoms with Crippen molar-refractivity contribution in [2.45, 2.75) is 30.8 Å². The molecule has 0 N–H and O–H groups in total. The Labute approximate surface area is 179 Å². The van der Waals surface area contributed by atoms with Crippen LogP contribution < -0.4 is 4.74 Å². The van der Waals surface area contributed by atoms with Crippen LogP contribution in [-0.2, 0) is 6.42 Å². The Balaban J connectivity index is 1.50. The van der Waals surface area contributed by atoms with Crippen molar-refractivity contribution in [3.05, 3.63) is 58.6 Å². The number of aromatic nitrogens is 3. The fourth-order valence-electron chi connectivity index (χ4n) is 3.60. The number of thioether (sulfide) groups is 1. The zero-order valence-corrected chi connectivity index (χ0v) is 17.7. The molecule has 2 aliphatic rings. The summed E-state index contributed by atoms with van der Waals surface area (Å²) in [5.74, 6) is 3.27. The van der Waals surface area contributed by atoms with Gasteiger partial charge in [-0.3, -0.25) is 0 Å². The van der Waals surface area contributed by atoms with Gasteiger partial charge in [-0.15, -0.1) is 10.2 Å². The van der Waals surface area contributed by atoms with Gasteiger partial charge in [0.2, 0.25) is 5.16 Å². The monoisotopic (exact) mass is 424 g/mol. The lowest BCUT2D eigenvalue weighted by atomic mass is 10.0. The van der Waals surface area contributed by atoms with Crippen molar-refractivity contribution in [1.82, 2.24) is 14.9 Å². The van der Waals surface area contributed by atoms with Crippen LogP contribution in [0.2, 0.25) is 5.02 Å². The number of methoxy groups -OCH3 is 1. The summed E-state index contributed by atoms with van der Waals surface area (Å²) >= 11 is 8.02. The van der Waals surface area contributed by atoms with E-state index in [4.69, 9.17) is 21.4 Å². The third-order valence-corrected chi connectivity index (χ3v) is 6.68. The minimum Gasteiger partial charge on any atom is -0.496 e. The molecule has 148 valence electrons. The zero-order chi connectivity index (χ0) is 19.8. The molecule has 0 amide bonds. The van der Waals surface area contributed by atoms with Crippen LogP contribution in [0.25, 0.3) is 11.4 Å². The van der Waals surface area contributed by atoms with Gasteiger partial charge in [0.05, 0.1) is 17.8 Å². The summed E-state index contributed by atoms with van der Waals surface area (Å²) < 4.78 is 7.39. The van der Waals surface area contributed by atoms with E-state index in [1.165, 1.54) is 24.8 Å². The maximum Gasteiger partial charge on any atom is 0.212 e. The van der Waals surface area contributed by atoms with E-state index in [1.54, 1.807) is 23.5 Å². The topological polar surface area (TPSA) is 52.3 Å². The quantitative estimate of drug-likeness (QED) is 0.538. The average molecular weight is 425 g/mol. The lowest BCUT2D eigenvalue weighted by Gasteiger charge is -2.16. The largest absolute Gasteiger partial charge is 0.496 e. The highest BCUT2D eigenvalue weighted by molar-refractivity contribution is 7.99. The Hall–Kier alpha value is -2.31. The third kappa shape index (κ3) is 3.79. The normalized spacial score (nSPS) is 15.7. The van der Waals surface area contributed by atoms with Gasteiger partial charge in [-0.05, 0) is 60.2 Å². The number of hydrogen-bond acceptors (Lipinski definition) is 5. The maximum atomic E-state index is 6.38. The van der Waals surface area contributed by atoms with Gasteiger partial charge < -0.3 is 4.74 Å². The predicted molar refractivity (Wildman–Crippen MR) is 117 cm³/mol. The van der Waals surface area contributed by atoms with Crippen molar-refractivity contribution in [3.63, 3.8) is 0 Å². The summed E-state index contributed by atoms with van der Waals surface area (Å²) in [6.45, 7) is 0. The van der Waals surface area contributed by atoms with Crippen LogP contribution in [0.4, 0.5) is 0 Å². The summed E-state index contributed by atoms with van der Waals surface area (Å²) in [6, 6.07) is 14.0. The van der Waals surface area contributed by atoms with Crippen molar-refractivity contribution < 1.29 is 4.74 Å². The highest BCUT2D eigenvalue weighted by Gasteiger charge is 2.24. The molecule has 1 fully saturated rings. The second-order valence-electron chi connectivity index (χ2n) is 7.44.